The summed E-state index contributed by atoms with van der Waals surface area (Å²) in [6.45, 7) is 10.5. The van der Waals surface area contributed by atoms with Crippen molar-refractivity contribution < 1.29 is 0 Å². The fraction of sp³-hybridized carbons (Fsp3) is 0.357. The molecule has 0 saturated carbocycles. The number of piperidine rings is 1. The molecule has 82 valence electrons. The molecule has 1 atom stereocenters. The molecule has 0 amide bonds. The maximum atomic E-state index is 7.35. The van der Waals surface area contributed by atoms with E-state index in [1.165, 1.54) is 5.57 Å². The van der Waals surface area contributed by atoms with Crippen LogP contribution in [0.4, 0.5) is 0 Å². The Balaban J connectivity index is 2.35. The third-order valence-corrected chi connectivity index (χ3v) is 2.97. The largest absolute Gasteiger partial charge is 0.314 e. The molecule has 2 heteroatoms. The van der Waals surface area contributed by atoms with Crippen molar-refractivity contribution >= 4 is 5.70 Å². The lowest BCUT2D eigenvalue weighted by molar-refractivity contribution is 0.495. The van der Waals surface area contributed by atoms with Crippen LogP contribution >= 0.6 is 0 Å². The molecule has 1 aliphatic heterocycles. The third kappa shape index (κ3) is 2.32. The Morgan fingerprint density at radius 3 is 2.75 bits per heavy atom. The van der Waals surface area contributed by atoms with Crippen LogP contribution in [0.15, 0.2) is 35.9 Å². The Morgan fingerprint density at radius 2 is 2.12 bits per heavy atom. The van der Waals surface area contributed by atoms with Gasteiger partial charge in [-0.2, -0.15) is 0 Å². The highest BCUT2D eigenvalue weighted by Crippen LogP contribution is 2.27. The molecule has 0 aliphatic carbocycles. The Bertz CT molecular complexity index is 426. The van der Waals surface area contributed by atoms with Gasteiger partial charge in [0.25, 0.3) is 0 Å². The van der Waals surface area contributed by atoms with Crippen LogP contribution in [-0.2, 0) is 0 Å². The molecule has 0 spiro atoms. The van der Waals surface area contributed by atoms with Crippen molar-refractivity contribution in [2.75, 3.05) is 6.54 Å². The summed E-state index contributed by atoms with van der Waals surface area (Å²) < 4.78 is 0. The molecule has 0 radical (unpaired) electrons. The summed E-state index contributed by atoms with van der Waals surface area (Å²) in [6.07, 6.45) is 1.99. The first-order valence-corrected chi connectivity index (χ1v) is 5.69. The van der Waals surface area contributed by atoms with Crippen LogP contribution in [0, 0.1) is 6.57 Å². The van der Waals surface area contributed by atoms with E-state index in [0.29, 0.717) is 6.04 Å². The number of nitrogens with one attached hydrogen (secondary N) is 1. The second kappa shape index (κ2) is 4.96. The lowest BCUT2D eigenvalue weighted by Crippen LogP contribution is -2.32. The number of rotatable bonds is 1. The van der Waals surface area contributed by atoms with Gasteiger partial charge in [-0.1, -0.05) is 35.9 Å². The molecule has 2 nitrogen and oxygen atoms in total. The molecule has 1 aromatic rings. The number of benzene rings is 1. The van der Waals surface area contributed by atoms with Gasteiger partial charge >= 0.3 is 0 Å². The topological polar surface area (TPSA) is 16.4 Å². The zero-order chi connectivity index (χ0) is 11.4. The molecular weight excluding hydrogens is 196 g/mol. The van der Waals surface area contributed by atoms with Crippen molar-refractivity contribution in [2.45, 2.75) is 25.8 Å². The molecule has 1 N–H and O–H groups in total. The average Bonchev–Trinajstić information content (AvgIpc) is 2.31. The maximum absolute atomic E-state index is 7.35. The molecule has 1 saturated heterocycles. The lowest BCUT2D eigenvalue weighted by Gasteiger charge is -2.23. The van der Waals surface area contributed by atoms with E-state index in [9.17, 15) is 0 Å². The predicted octanol–water partition coefficient (Wildman–Crippen LogP) is 3.09. The first-order chi connectivity index (χ1) is 7.81. The van der Waals surface area contributed by atoms with Gasteiger partial charge in [0.05, 0.1) is 6.57 Å². The van der Waals surface area contributed by atoms with Crippen LogP contribution in [0.2, 0.25) is 0 Å². The monoisotopic (exact) mass is 212 g/mol. The maximum Gasteiger partial charge on any atom is 0.193 e. The average molecular weight is 212 g/mol. The van der Waals surface area contributed by atoms with E-state index in [1.54, 1.807) is 0 Å². The van der Waals surface area contributed by atoms with Crippen LogP contribution in [0.25, 0.3) is 10.5 Å². The van der Waals surface area contributed by atoms with E-state index >= 15 is 0 Å². The van der Waals surface area contributed by atoms with Crippen LogP contribution < -0.4 is 5.32 Å². The summed E-state index contributed by atoms with van der Waals surface area (Å²) >= 11 is 0. The van der Waals surface area contributed by atoms with E-state index in [4.69, 9.17) is 6.57 Å². The highest BCUT2D eigenvalue weighted by atomic mass is 14.9. The van der Waals surface area contributed by atoms with Crippen molar-refractivity contribution in [2.24, 2.45) is 0 Å². The van der Waals surface area contributed by atoms with Crippen molar-refractivity contribution in [1.82, 2.24) is 5.32 Å². The summed E-state index contributed by atoms with van der Waals surface area (Å²) in [5.41, 5.74) is 3.21. The molecular formula is C14H16N2. The normalized spacial score (nSPS) is 23.6. The van der Waals surface area contributed by atoms with Gasteiger partial charge in [0, 0.05) is 6.04 Å². The quantitative estimate of drug-likeness (QED) is 0.708. The molecule has 1 aliphatic rings. The minimum absolute atomic E-state index is 0.490. The summed E-state index contributed by atoms with van der Waals surface area (Å²) in [5.74, 6) is 0. The summed E-state index contributed by atoms with van der Waals surface area (Å²) in [6, 6.07) is 10.5. The zero-order valence-corrected chi connectivity index (χ0v) is 9.53. The highest BCUT2D eigenvalue weighted by Gasteiger charge is 2.16. The van der Waals surface area contributed by atoms with Crippen molar-refractivity contribution in [3.63, 3.8) is 0 Å². The Morgan fingerprint density at radius 1 is 1.38 bits per heavy atom. The van der Waals surface area contributed by atoms with Gasteiger partial charge in [0.2, 0.25) is 0 Å². The standard InChI is InChI=1S/C14H16N2/c1-11-10-13(8-9-16-11)14(15-2)12-6-4-3-5-7-12/h3-7,11,16H,8-10H2,1H3. The molecule has 0 aromatic heterocycles. The van der Waals surface area contributed by atoms with Crippen molar-refractivity contribution in [3.05, 3.63) is 52.9 Å². The first-order valence-electron chi connectivity index (χ1n) is 5.69. The fourth-order valence-electron chi connectivity index (χ4n) is 2.17. The number of nitrogens with zero attached hydrogens (tertiary/aromatic N) is 1. The van der Waals surface area contributed by atoms with Crippen LogP contribution in [0.3, 0.4) is 0 Å². The molecule has 16 heavy (non-hydrogen) atoms. The van der Waals surface area contributed by atoms with Gasteiger partial charge in [-0.3, -0.25) is 0 Å². The predicted molar refractivity (Wildman–Crippen MR) is 66.7 cm³/mol. The van der Waals surface area contributed by atoms with E-state index in [2.05, 4.69) is 17.1 Å². The Hall–Kier alpha value is -1.59. The van der Waals surface area contributed by atoms with E-state index < -0.39 is 0 Å². The van der Waals surface area contributed by atoms with Crippen LogP contribution in [0.5, 0.6) is 0 Å². The minimum atomic E-state index is 0.490. The van der Waals surface area contributed by atoms with Gasteiger partial charge in [0.1, 0.15) is 0 Å². The highest BCUT2D eigenvalue weighted by molar-refractivity contribution is 5.73. The zero-order valence-electron chi connectivity index (χ0n) is 9.53. The summed E-state index contributed by atoms with van der Waals surface area (Å²) in [5, 5.41) is 3.41. The van der Waals surface area contributed by atoms with E-state index in [-0.39, 0.29) is 0 Å². The number of hydrogen-bond donors (Lipinski definition) is 1. The molecule has 1 heterocycles. The third-order valence-electron chi connectivity index (χ3n) is 2.97. The first kappa shape index (κ1) is 10.9. The molecule has 2 rings (SSSR count). The second-order valence-electron chi connectivity index (χ2n) is 4.24. The molecule has 0 bridgehead atoms. The van der Waals surface area contributed by atoms with Crippen molar-refractivity contribution in [3.8, 4) is 0 Å². The lowest BCUT2D eigenvalue weighted by atomic mass is 9.95. The molecule has 1 fully saturated rings. The SMILES string of the molecule is [C-]#[N+]C(=C1CCNC(C)C1)c1ccccc1. The van der Waals surface area contributed by atoms with Gasteiger partial charge in [-0.05, 0) is 31.9 Å². The molecule has 1 aromatic carbocycles. The molecule has 1 unspecified atom stereocenters. The van der Waals surface area contributed by atoms with Crippen LogP contribution in [0.1, 0.15) is 25.3 Å². The summed E-state index contributed by atoms with van der Waals surface area (Å²) in [7, 11) is 0. The van der Waals surface area contributed by atoms with Gasteiger partial charge < -0.3 is 5.32 Å². The second-order valence-corrected chi connectivity index (χ2v) is 4.24. The van der Waals surface area contributed by atoms with Gasteiger partial charge in [-0.25, -0.2) is 4.85 Å². The number of hydrogen-bond acceptors (Lipinski definition) is 1. The summed E-state index contributed by atoms with van der Waals surface area (Å²) in [4.78, 5) is 3.72. The van der Waals surface area contributed by atoms with E-state index in [0.717, 1.165) is 30.6 Å². The van der Waals surface area contributed by atoms with E-state index in [1.807, 2.05) is 30.3 Å². The van der Waals surface area contributed by atoms with Gasteiger partial charge in [0.15, 0.2) is 5.70 Å². The fourth-order valence-corrected chi connectivity index (χ4v) is 2.17. The minimum Gasteiger partial charge on any atom is -0.314 e. The van der Waals surface area contributed by atoms with Crippen molar-refractivity contribution in [1.29, 1.82) is 0 Å². The Labute approximate surface area is 96.8 Å². The van der Waals surface area contributed by atoms with Gasteiger partial charge in [-0.15, -0.1) is 0 Å². The van der Waals surface area contributed by atoms with Crippen LogP contribution in [-0.4, -0.2) is 12.6 Å². The Kier molecular flexibility index (Phi) is 3.38. The smallest absolute Gasteiger partial charge is 0.193 e.